The minimum atomic E-state index is -0.729. The first-order chi connectivity index (χ1) is 10.9. The molecule has 1 aliphatic rings. The Labute approximate surface area is 147 Å². The zero-order chi connectivity index (χ0) is 17.1. The van der Waals surface area contributed by atoms with Gasteiger partial charge in [0, 0.05) is 16.3 Å². The quantitative estimate of drug-likeness (QED) is 0.756. The highest BCUT2D eigenvalue weighted by atomic mass is 79.9. The van der Waals surface area contributed by atoms with Crippen molar-refractivity contribution in [2.75, 3.05) is 13.7 Å². The van der Waals surface area contributed by atoms with E-state index in [0.717, 1.165) is 0 Å². The summed E-state index contributed by atoms with van der Waals surface area (Å²) in [5.74, 6) is -0.0307. The summed E-state index contributed by atoms with van der Waals surface area (Å²) >= 11 is 9.49. The molecule has 8 heteroatoms. The minimum absolute atomic E-state index is 0.229. The largest absolute Gasteiger partial charge is 0.495 e. The van der Waals surface area contributed by atoms with E-state index >= 15 is 0 Å². The van der Waals surface area contributed by atoms with Gasteiger partial charge in [-0.2, -0.15) is 0 Å². The van der Waals surface area contributed by atoms with E-state index in [2.05, 4.69) is 26.6 Å². The summed E-state index contributed by atoms with van der Waals surface area (Å²) in [5, 5.41) is 5.74. The number of nitrogens with one attached hydrogen (secondary N) is 2. The number of halogens is 2. The number of esters is 1. The van der Waals surface area contributed by atoms with Crippen LogP contribution in [0.3, 0.4) is 0 Å². The molecule has 0 bridgehead atoms. The number of hydrogen-bond donors (Lipinski definition) is 2. The molecule has 0 spiro atoms. The van der Waals surface area contributed by atoms with E-state index in [-0.39, 0.29) is 6.61 Å². The maximum atomic E-state index is 12.3. The summed E-state index contributed by atoms with van der Waals surface area (Å²) in [6.07, 6.45) is 0. The minimum Gasteiger partial charge on any atom is -0.495 e. The lowest BCUT2D eigenvalue weighted by Gasteiger charge is -2.29. The van der Waals surface area contributed by atoms with Gasteiger partial charge < -0.3 is 20.1 Å². The lowest BCUT2D eigenvalue weighted by atomic mass is 9.95. The van der Waals surface area contributed by atoms with Crippen LogP contribution >= 0.6 is 27.5 Å². The molecule has 0 radical (unpaired) electrons. The monoisotopic (exact) mass is 402 g/mol. The summed E-state index contributed by atoms with van der Waals surface area (Å²) in [6.45, 7) is 3.59. The van der Waals surface area contributed by atoms with E-state index in [1.807, 2.05) is 0 Å². The first-order valence-electron chi connectivity index (χ1n) is 6.87. The maximum Gasteiger partial charge on any atom is 0.338 e. The molecule has 1 atom stereocenters. The van der Waals surface area contributed by atoms with Crippen molar-refractivity contribution in [1.82, 2.24) is 10.6 Å². The standard InChI is InChI=1S/C15H16BrClN2O4/c1-4-23-14(20)11-7(2)18-15(21)19-12(11)9-5-8(17)6-10(16)13(9)22-3/h5-6,12H,4H2,1-3H3,(H2,18,19,21)/t12-/m0/s1. The van der Waals surface area contributed by atoms with Crippen LogP contribution in [0.25, 0.3) is 0 Å². The average molecular weight is 404 g/mol. The average Bonchev–Trinajstić information content (AvgIpc) is 2.45. The number of ether oxygens (including phenoxy) is 2. The van der Waals surface area contributed by atoms with Crippen LogP contribution in [0.5, 0.6) is 5.75 Å². The molecule has 6 nitrogen and oxygen atoms in total. The molecule has 2 rings (SSSR count). The summed E-state index contributed by atoms with van der Waals surface area (Å²) in [5.41, 5.74) is 1.29. The number of allylic oxidation sites excluding steroid dienone is 1. The van der Waals surface area contributed by atoms with E-state index in [9.17, 15) is 9.59 Å². The molecule has 0 saturated heterocycles. The van der Waals surface area contributed by atoms with Gasteiger partial charge in [-0.15, -0.1) is 0 Å². The predicted molar refractivity (Wildman–Crippen MR) is 89.4 cm³/mol. The second kappa shape index (κ2) is 7.23. The van der Waals surface area contributed by atoms with Crippen molar-refractivity contribution in [3.63, 3.8) is 0 Å². The van der Waals surface area contributed by atoms with Crippen molar-refractivity contribution in [3.05, 3.63) is 38.5 Å². The second-order valence-corrected chi connectivity index (χ2v) is 6.09. The third kappa shape index (κ3) is 3.61. The number of carbonyl (C=O) groups excluding carboxylic acids is 2. The number of hydrogen-bond acceptors (Lipinski definition) is 4. The molecule has 1 aromatic carbocycles. The molecular weight excluding hydrogens is 388 g/mol. The molecule has 0 saturated carbocycles. The summed E-state index contributed by atoms with van der Waals surface area (Å²) in [4.78, 5) is 24.2. The second-order valence-electron chi connectivity index (χ2n) is 4.80. The summed E-state index contributed by atoms with van der Waals surface area (Å²) in [6, 6.07) is 2.17. The first kappa shape index (κ1) is 17.6. The van der Waals surface area contributed by atoms with Crippen LogP contribution in [0.15, 0.2) is 27.9 Å². The van der Waals surface area contributed by atoms with Gasteiger partial charge in [-0.1, -0.05) is 11.6 Å². The smallest absolute Gasteiger partial charge is 0.338 e. The van der Waals surface area contributed by atoms with Crippen molar-refractivity contribution < 1.29 is 19.1 Å². The van der Waals surface area contributed by atoms with Gasteiger partial charge in [0.15, 0.2) is 0 Å². The molecule has 0 unspecified atom stereocenters. The zero-order valence-electron chi connectivity index (χ0n) is 12.8. The van der Waals surface area contributed by atoms with Gasteiger partial charge in [-0.25, -0.2) is 9.59 Å². The fourth-order valence-corrected chi connectivity index (χ4v) is 3.41. The fourth-order valence-electron chi connectivity index (χ4n) is 2.42. The van der Waals surface area contributed by atoms with Crippen molar-refractivity contribution in [2.45, 2.75) is 19.9 Å². The van der Waals surface area contributed by atoms with Crippen molar-refractivity contribution in [2.24, 2.45) is 0 Å². The summed E-state index contributed by atoms with van der Waals surface area (Å²) < 4.78 is 11.1. The van der Waals surface area contributed by atoms with Crippen LogP contribution in [-0.4, -0.2) is 25.7 Å². The van der Waals surface area contributed by atoms with E-state index in [4.69, 9.17) is 21.1 Å². The Morgan fingerprint density at radius 1 is 1.43 bits per heavy atom. The SMILES string of the molecule is CCOC(=O)C1=C(C)NC(=O)N[C@H]1c1cc(Cl)cc(Br)c1OC. The van der Waals surface area contributed by atoms with Crippen LogP contribution in [-0.2, 0) is 9.53 Å². The molecule has 1 heterocycles. The van der Waals surface area contributed by atoms with Crippen LogP contribution in [0.2, 0.25) is 5.02 Å². The van der Waals surface area contributed by atoms with Crippen molar-refractivity contribution >= 4 is 39.5 Å². The van der Waals surface area contributed by atoms with Gasteiger partial charge in [0.25, 0.3) is 0 Å². The highest BCUT2D eigenvalue weighted by molar-refractivity contribution is 9.10. The number of urea groups is 1. The highest BCUT2D eigenvalue weighted by Crippen LogP contribution is 2.39. The zero-order valence-corrected chi connectivity index (χ0v) is 15.2. The number of rotatable bonds is 4. The molecule has 2 N–H and O–H groups in total. The Morgan fingerprint density at radius 2 is 2.13 bits per heavy atom. The number of methoxy groups -OCH3 is 1. The van der Waals surface area contributed by atoms with Gasteiger partial charge in [0.1, 0.15) is 5.75 Å². The van der Waals surface area contributed by atoms with E-state index in [0.29, 0.717) is 32.1 Å². The van der Waals surface area contributed by atoms with Gasteiger partial charge in [0.2, 0.25) is 0 Å². The molecule has 23 heavy (non-hydrogen) atoms. The van der Waals surface area contributed by atoms with Crippen molar-refractivity contribution in [3.8, 4) is 5.75 Å². The first-order valence-corrected chi connectivity index (χ1v) is 8.04. The predicted octanol–water partition coefficient (Wildman–Crippen LogP) is 3.30. The van der Waals surface area contributed by atoms with Gasteiger partial charge in [-0.05, 0) is 41.9 Å². The fraction of sp³-hybridized carbons (Fsp3) is 0.333. The van der Waals surface area contributed by atoms with Gasteiger partial charge >= 0.3 is 12.0 Å². The Hall–Kier alpha value is -1.73. The topological polar surface area (TPSA) is 76.7 Å². The third-order valence-corrected chi connectivity index (χ3v) is 4.12. The van der Waals surface area contributed by atoms with Crippen LogP contribution < -0.4 is 15.4 Å². The van der Waals surface area contributed by atoms with Crippen LogP contribution in [0.4, 0.5) is 4.79 Å². The molecule has 124 valence electrons. The Balaban J connectivity index is 2.61. The molecule has 1 aromatic rings. The molecule has 2 amide bonds. The molecular formula is C15H16BrClN2O4. The van der Waals surface area contributed by atoms with E-state index < -0.39 is 18.0 Å². The van der Waals surface area contributed by atoms with E-state index in [1.54, 1.807) is 26.0 Å². The number of benzene rings is 1. The Kier molecular flexibility index (Phi) is 5.54. The lowest BCUT2D eigenvalue weighted by Crippen LogP contribution is -2.45. The van der Waals surface area contributed by atoms with Crippen LogP contribution in [0.1, 0.15) is 25.5 Å². The van der Waals surface area contributed by atoms with E-state index in [1.165, 1.54) is 7.11 Å². The van der Waals surface area contributed by atoms with Crippen LogP contribution in [0, 0.1) is 0 Å². The maximum absolute atomic E-state index is 12.3. The third-order valence-electron chi connectivity index (χ3n) is 3.32. The van der Waals surface area contributed by atoms with Gasteiger partial charge in [-0.3, -0.25) is 0 Å². The Bertz CT molecular complexity index is 690. The normalized spacial score (nSPS) is 17.4. The molecule has 0 fully saturated rings. The number of carbonyl (C=O) groups is 2. The molecule has 0 aromatic heterocycles. The molecule has 1 aliphatic heterocycles. The highest BCUT2D eigenvalue weighted by Gasteiger charge is 2.34. The lowest BCUT2D eigenvalue weighted by molar-refractivity contribution is -0.139. The Morgan fingerprint density at radius 3 is 2.74 bits per heavy atom. The molecule has 0 aliphatic carbocycles. The summed E-state index contributed by atoms with van der Waals surface area (Å²) in [7, 11) is 1.50. The van der Waals surface area contributed by atoms with Crippen molar-refractivity contribution in [1.29, 1.82) is 0 Å². The number of amides is 2. The van der Waals surface area contributed by atoms with Gasteiger partial charge in [0.05, 0.1) is 29.8 Å².